The van der Waals surface area contributed by atoms with E-state index >= 15 is 0 Å². The standard InChI is InChI=1S/C11H15Cl/c1-3-11(12)9(2)10-7-5-4-6-8-10/h4-9,11H,3H2,1-2H3. The maximum atomic E-state index is 6.15. The fourth-order valence-electron chi connectivity index (χ4n) is 1.32. The molecule has 2 unspecified atom stereocenters. The normalized spacial score (nSPS) is 15.6. The molecule has 0 aromatic heterocycles. The summed E-state index contributed by atoms with van der Waals surface area (Å²) in [5, 5.41) is 0.257. The second kappa shape index (κ2) is 4.51. The fourth-order valence-corrected chi connectivity index (χ4v) is 1.46. The predicted octanol–water partition coefficient (Wildman–Crippen LogP) is 3.81. The molecule has 0 nitrogen and oxygen atoms in total. The van der Waals surface area contributed by atoms with Crippen LogP contribution in [0, 0.1) is 0 Å². The highest BCUT2D eigenvalue weighted by atomic mass is 35.5. The molecule has 66 valence electrons. The van der Waals surface area contributed by atoms with Gasteiger partial charge in [-0.25, -0.2) is 0 Å². The summed E-state index contributed by atoms with van der Waals surface area (Å²) in [6.45, 7) is 4.30. The first-order chi connectivity index (χ1) is 5.75. The van der Waals surface area contributed by atoms with Crippen molar-refractivity contribution < 1.29 is 0 Å². The van der Waals surface area contributed by atoms with Crippen molar-refractivity contribution >= 4 is 11.6 Å². The Kier molecular flexibility index (Phi) is 3.61. The van der Waals surface area contributed by atoms with Crippen molar-refractivity contribution in [2.75, 3.05) is 0 Å². The van der Waals surface area contributed by atoms with E-state index in [1.807, 2.05) is 6.07 Å². The van der Waals surface area contributed by atoms with Crippen molar-refractivity contribution in [3.05, 3.63) is 35.9 Å². The Morgan fingerprint density at radius 3 is 2.33 bits per heavy atom. The molecule has 2 atom stereocenters. The summed E-state index contributed by atoms with van der Waals surface area (Å²) in [6.07, 6.45) is 1.03. The first-order valence-corrected chi connectivity index (χ1v) is 4.88. The quantitative estimate of drug-likeness (QED) is 0.624. The van der Waals surface area contributed by atoms with Gasteiger partial charge in [-0.2, -0.15) is 0 Å². The van der Waals surface area contributed by atoms with E-state index in [0.29, 0.717) is 5.92 Å². The van der Waals surface area contributed by atoms with Crippen molar-refractivity contribution in [3.8, 4) is 0 Å². The summed E-state index contributed by atoms with van der Waals surface area (Å²) < 4.78 is 0. The van der Waals surface area contributed by atoms with E-state index < -0.39 is 0 Å². The average Bonchev–Trinajstić information content (AvgIpc) is 2.17. The molecule has 1 aromatic rings. The van der Waals surface area contributed by atoms with Crippen LogP contribution < -0.4 is 0 Å². The van der Waals surface area contributed by atoms with Crippen LogP contribution in [0.1, 0.15) is 31.7 Å². The molecule has 0 amide bonds. The fraction of sp³-hybridized carbons (Fsp3) is 0.455. The van der Waals surface area contributed by atoms with E-state index in [1.54, 1.807) is 0 Å². The summed E-state index contributed by atoms with van der Waals surface area (Å²) >= 11 is 6.15. The zero-order chi connectivity index (χ0) is 8.97. The lowest BCUT2D eigenvalue weighted by Gasteiger charge is -2.16. The van der Waals surface area contributed by atoms with Crippen molar-refractivity contribution in [1.29, 1.82) is 0 Å². The summed E-state index contributed by atoms with van der Waals surface area (Å²) in [4.78, 5) is 0. The Labute approximate surface area is 79.6 Å². The van der Waals surface area contributed by atoms with Gasteiger partial charge >= 0.3 is 0 Å². The molecule has 0 aliphatic carbocycles. The van der Waals surface area contributed by atoms with Crippen LogP contribution in [0.25, 0.3) is 0 Å². The molecule has 0 aliphatic rings. The molecule has 0 spiro atoms. The van der Waals surface area contributed by atoms with Crippen molar-refractivity contribution in [2.45, 2.75) is 31.6 Å². The lowest BCUT2D eigenvalue weighted by atomic mass is 9.96. The second-order valence-electron chi connectivity index (χ2n) is 3.12. The van der Waals surface area contributed by atoms with Gasteiger partial charge in [0.25, 0.3) is 0 Å². The molecule has 0 fully saturated rings. The summed E-state index contributed by atoms with van der Waals surface area (Å²) in [7, 11) is 0. The smallest absolute Gasteiger partial charge is 0.0399 e. The van der Waals surface area contributed by atoms with Crippen molar-refractivity contribution in [3.63, 3.8) is 0 Å². The average molecular weight is 183 g/mol. The molecule has 0 bridgehead atoms. The highest BCUT2D eigenvalue weighted by molar-refractivity contribution is 6.21. The third-order valence-electron chi connectivity index (χ3n) is 2.26. The predicted molar refractivity (Wildman–Crippen MR) is 54.8 cm³/mol. The molecule has 0 saturated heterocycles. The van der Waals surface area contributed by atoms with Gasteiger partial charge in [0.15, 0.2) is 0 Å². The van der Waals surface area contributed by atoms with Gasteiger partial charge in [0, 0.05) is 5.38 Å². The number of hydrogen-bond donors (Lipinski definition) is 0. The van der Waals surface area contributed by atoms with Crippen LogP contribution in [0.4, 0.5) is 0 Å². The molecular formula is C11H15Cl. The highest BCUT2D eigenvalue weighted by Gasteiger charge is 2.13. The van der Waals surface area contributed by atoms with Gasteiger partial charge < -0.3 is 0 Å². The van der Waals surface area contributed by atoms with E-state index in [-0.39, 0.29) is 5.38 Å². The van der Waals surface area contributed by atoms with Crippen molar-refractivity contribution in [1.82, 2.24) is 0 Å². The zero-order valence-electron chi connectivity index (χ0n) is 7.63. The van der Waals surface area contributed by atoms with Gasteiger partial charge in [-0.1, -0.05) is 44.2 Å². The maximum Gasteiger partial charge on any atom is 0.0399 e. The molecule has 0 heterocycles. The van der Waals surface area contributed by atoms with Crippen LogP contribution in [0.5, 0.6) is 0 Å². The minimum absolute atomic E-state index is 0.257. The monoisotopic (exact) mass is 182 g/mol. The number of halogens is 1. The Morgan fingerprint density at radius 1 is 1.25 bits per heavy atom. The van der Waals surface area contributed by atoms with E-state index in [9.17, 15) is 0 Å². The Balaban J connectivity index is 2.71. The maximum absolute atomic E-state index is 6.15. The zero-order valence-corrected chi connectivity index (χ0v) is 8.38. The molecule has 0 radical (unpaired) electrons. The molecule has 1 rings (SSSR count). The SMILES string of the molecule is CCC(Cl)C(C)c1ccccc1. The van der Waals surface area contributed by atoms with Gasteiger partial charge in [-0.3, -0.25) is 0 Å². The van der Waals surface area contributed by atoms with Crippen LogP contribution in [0.2, 0.25) is 0 Å². The Bertz CT molecular complexity index is 218. The minimum Gasteiger partial charge on any atom is -0.122 e. The highest BCUT2D eigenvalue weighted by Crippen LogP contribution is 2.24. The molecular weight excluding hydrogens is 168 g/mol. The van der Waals surface area contributed by atoms with E-state index in [4.69, 9.17) is 11.6 Å². The number of benzene rings is 1. The molecule has 0 aliphatic heterocycles. The molecule has 1 heteroatoms. The van der Waals surface area contributed by atoms with E-state index in [1.165, 1.54) is 5.56 Å². The minimum atomic E-state index is 0.257. The van der Waals surface area contributed by atoms with Gasteiger partial charge in [-0.05, 0) is 17.9 Å². The lowest BCUT2D eigenvalue weighted by molar-refractivity contribution is 0.675. The van der Waals surface area contributed by atoms with Crippen molar-refractivity contribution in [2.24, 2.45) is 0 Å². The topological polar surface area (TPSA) is 0 Å². The second-order valence-corrected chi connectivity index (χ2v) is 3.68. The molecule has 0 N–H and O–H groups in total. The first-order valence-electron chi connectivity index (χ1n) is 4.44. The van der Waals surface area contributed by atoms with Gasteiger partial charge in [0.05, 0.1) is 0 Å². The van der Waals surface area contributed by atoms with Crippen LogP contribution in [-0.2, 0) is 0 Å². The molecule has 0 saturated carbocycles. The summed E-state index contributed by atoms with van der Waals surface area (Å²) in [5.74, 6) is 0.456. The first kappa shape index (κ1) is 9.60. The van der Waals surface area contributed by atoms with E-state index in [0.717, 1.165) is 6.42 Å². The van der Waals surface area contributed by atoms with Crippen LogP contribution in [-0.4, -0.2) is 5.38 Å². The largest absolute Gasteiger partial charge is 0.122 e. The third kappa shape index (κ3) is 2.25. The Morgan fingerprint density at radius 2 is 1.83 bits per heavy atom. The number of alkyl halides is 1. The molecule has 1 aromatic carbocycles. The Hall–Kier alpha value is -0.490. The van der Waals surface area contributed by atoms with Gasteiger partial charge in [0.2, 0.25) is 0 Å². The van der Waals surface area contributed by atoms with Crippen LogP contribution in [0.15, 0.2) is 30.3 Å². The van der Waals surface area contributed by atoms with Crippen LogP contribution in [0.3, 0.4) is 0 Å². The van der Waals surface area contributed by atoms with Gasteiger partial charge in [0.1, 0.15) is 0 Å². The van der Waals surface area contributed by atoms with Crippen LogP contribution >= 0.6 is 11.6 Å². The summed E-state index contributed by atoms with van der Waals surface area (Å²) in [5.41, 5.74) is 1.33. The molecule has 12 heavy (non-hydrogen) atoms. The summed E-state index contributed by atoms with van der Waals surface area (Å²) in [6, 6.07) is 10.4. The van der Waals surface area contributed by atoms with E-state index in [2.05, 4.69) is 38.1 Å². The number of rotatable bonds is 3. The third-order valence-corrected chi connectivity index (χ3v) is 2.94. The van der Waals surface area contributed by atoms with Gasteiger partial charge in [-0.15, -0.1) is 11.6 Å². The number of hydrogen-bond acceptors (Lipinski definition) is 0. The lowest BCUT2D eigenvalue weighted by Crippen LogP contribution is -2.07.